The van der Waals surface area contributed by atoms with Crippen LogP contribution in [-0.4, -0.2) is 51.5 Å². The SMILES string of the molecule is NC(=O)c1cccc(N2CCN(Cc3ccc(-n4ccnc4)cc3)CC2)n1. The largest absolute Gasteiger partial charge is 0.364 e. The van der Waals surface area contributed by atoms with Gasteiger partial charge >= 0.3 is 0 Å². The molecule has 1 fully saturated rings. The number of piperazine rings is 1. The minimum absolute atomic E-state index is 0.313. The number of hydrogen-bond donors (Lipinski definition) is 1. The highest BCUT2D eigenvalue weighted by Gasteiger charge is 2.18. The fourth-order valence-electron chi connectivity index (χ4n) is 3.32. The monoisotopic (exact) mass is 362 g/mol. The number of nitrogens with zero attached hydrogens (tertiary/aromatic N) is 5. The first-order valence-corrected chi connectivity index (χ1v) is 9.00. The van der Waals surface area contributed by atoms with Crippen LogP contribution in [0.4, 0.5) is 5.82 Å². The van der Waals surface area contributed by atoms with Crippen molar-refractivity contribution in [2.24, 2.45) is 5.73 Å². The molecule has 3 heterocycles. The Labute approximate surface area is 158 Å². The van der Waals surface area contributed by atoms with Crippen LogP contribution in [0.3, 0.4) is 0 Å². The molecule has 4 rings (SSSR count). The molecule has 7 nitrogen and oxygen atoms in total. The lowest BCUT2D eigenvalue weighted by molar-refractivity contribution is 0.0995. The van der Waals surface area contributed by atoms with Crippen molar-refractivity contribution in [2.45, 2.75) is 6.54 Å². The van der Waals surface area contributed by atoms with Crippen molar-refractivity contribution in [3.63, 3.8) is 0 Å². The molecule has 1 aliphatic rings. The number of carbonyl (C=O) groups excluding carboxylic acids is 1. The number of benzene rings is 1. The zero-order valence-electron chi connectivity index (χ0n) is 15.0. The van der Waals surface area contributed by atoms with E-state index in [1.165, 1.54) is 5.56 Å². The number of primary amides is 1. The van der Waals surface area contributed by atoms with Crippen LogP contribution in [0.25, 0.3) is 5.69 Å². The maximum Gasteiger partial charge on any atom is 0.267 e. The number of pyridine rings is 1. The summed E-state index contributed by atoms with van der Waals surface area (Å²) in [6, 6.07) is 14.0. The topological polar surface area (TPSA) is 80.3 Å². The fourth-order valence-corrected chi connectivity index (χ4v) is 3.32. The van der Waals surface area contributed by atoms with Crippen molar-refractivity contribution in [2.75, 3.05) is 31.1 Å². The van der Waals surface area contributed by atoms with E-state index in [0.29, 0.717) is 5.69 Å². The predicted octanol–water partition coefficient (Wildman–Crippen LogP) is 1.69. The Morgan fingerprint density at radius 2 is 1.81 bits per heavy atom. The first-order valence-electron chi connectivity index (χ1n) is 9.00. The molecule has 0 spiro atoms. The standard InChI is InChI=1S/C20H22N6O/c21-20(27)18-2-1-3-19(23-18)25-12-10-24(11-13-25)14-16-4-6-17(7-5-16)26-9-8-22-15-26/h1-9,15H,10-14H2,(H2,21,27). The smallest absolute Gasteiger partial charge is 0.267 e. The van der Waals surface area contributed by atoms with Crippen LogP contribution < -0.4 is 10.6 Å². The Bertz CT molecular complexity index is 898. The summed E-state index contributed by atoms with van der Waals surface area (Å²) in [5.41, 5.74) is 8.05. The molecule has 0 saturated carbocycles. The molecule has 0 radical (unpaired) electrons. The highest BCUT2D eigenvalue weighted by Crippen LogP contribution is 2.16. The summed E-state index contributed by atoms with van der Waals surface area (Å²) in [5.74, 6) is 0.324. The number of hydrogen-bond acceptors (Lipinski definition) is 5. The van der Waals surface area contributed by atoms with Gasteiger partial charge in [-0.25, -0.2) is 9.97 Å². The highest BCUT2D eigenvalue weighted by molar-refractivity contribution is 5.91. The summed E-state index contributed by atoms with van der Waals surface area (Å²) in [6.07, 6.45) is 5.52. The van der Waals surface area contributed by atoms with Crippen LogP contribution in [0.5, 0.6) is 0 Å². The Hall–Kier alpha value is -3.19. The van der Waals surface area contributed by atoms with Crippen molar-refractivity contribution < 1.29 is 4.79 Å². The van der Waals surface area contributed by atoms with Gasteiger partial charge in [0.1, 0.15) is 11.5 Å². The van der Waals surface area contributed by atoms with E-state index < -0.39 is 5.91 Å². The van der Waals surface area contributed by atoms with E-state index in [1.807, 2.05) is 22.9 Å². The first kappa shape index (κ1) is 17.2. The molecule has 0 aliphatic carbocycles. The van der Waals surface area contributed by atoms with Gasteiger partial charge in [0.25, 0.3) is 5.91 Å². The predicted molar refractivity (Wildman–Crippen MR) is 104 cm³/mol. The van der Waals surface area contributed by atoms with Crippen molar-refractivity contribution in [3.05, 3.63) is 72.4 Å². The number of nitrogens with two attached hydrogens (primary N) is 1. The summed E-state index contributed by atoms with van der Waals surface area (Å²) in [5, 5.41) is 0. The number of rotatable bonds is 5. The second kappa shape index (κ2) is 7.59. The maximum absolute atomic E-state index is 11.3. The minimum Gasteiger partial charge on any atom is -0.364 e. The summed E-state index contributed by atoms with van der Waals surface area (Å²) in [6.45, 7) is 4.58. The molecule has 2 aromatic heterocycles. The van der Waals surface area contributed by atoms with Gasteiger partial charge in [0.05, 0.1) is 6.33 Å². The van der Waals surface area contributed by atoms with E-state index in [4.69, 9.17) is 5.73 Å². The molecule has 27 heavy (non-hydrogen) atoms. The van der Waals surface area contributed by atoms with Crippen LogP contribution >= 0.6 is 0 Å². The van der Waals surface area contributed by atoms with Gasteiger partial charge in [-0.2, -0.15) is 0 Å². The molecule has 3 aromatic rings. The average Bonchev–Trinajstić information content (AvgIpc) is 3.24. The van der Waals surface area contributed by atoms with Gasteiger partial charge in [0, 0.05) is 50.8 Å². The van der Waals surface area contributed by atoms with E-state index in [1.54, 1.807) is 18.6 Å². The molecule has 7 heteroatoms. The molecular weight excluding hydrogens is 340 g/mol. The average molecular weight is 362 g/mol. The lowest BCUT2D eigenvalue weighted by Gasteiger charge is -2.35. The second-order valence-corrected chi connectivity index (χ2v) is 6.64. The Morgan fingerprint density at radius 3 is 2.48 bits per heavy atom. The van der Waals surface area contributed by atoms with Gasteiger partial charge in [0.2, 0.25) is 0 Å². The molecule has 2 N–H and O–H groups in total. The number of carbonyl (C=O) groups is 1. The zero-order valence-corrected chi connectivity index (χ0v) is 15.0. The lowest BCUT2D eigenvalue weighted by Crippen LogP contribution is -2.46. The maximum atomic E-state index is 11.3. The van der Waals surface area contributed by atoms with E-state index in [9.17, 15) is 4.79 Å². The number of anilines is 1. The zero-order chi connectivity index (χ0) is 18.6. The van der Waals surface area contributed by atoms with Gasteiger partial charge < -0.3 is 15.2 Å². The van der Waals surface area contributed by atoms with Gasteiger partial charge in [0.15, 0.2) is 0 Å². The molecule has 138 valence electrons. The van der Waals surface area contributed by atoms with Crippen molar-refractivity contribution >= 4 is 11.7 Å². The fraction of sp³-hybridized carbons (Fsp3) is 0.250. The summed E-state index contributed by atoms with van der Waals surface area (Å²) in [4.78, 5) is 24.4. The first-order chi connectivity index (χ1) is 13.2. The van der Waals surface area contributed by atoms with E-state index >= 15 is 0 Å². The van der Waals surface area contributed by atoms with Crippen molar-refractivity contribution in [1.29, 1.82) is 0 Å². The minimum atomic E-state index is -0.491. The quantitative estimate of drug-likeness (QED) is 0.747. The van der Waals surface area contributed by atoms with E-state index in [0.717, 1.165) is 44.2 Å². The molecule has 1 aliphatic heterocycles. The van der Waals surface area contributed by atoms with Crippen molar-refractivity contribution in [1.82, 2.24) is 19.4 Å². The summed E-state index contributed by atoms with van der Waals surface area (Å²) in [7, 11) is 0. The third-order valence-electron chi connectivity index (χ3n) is 4.83. The Balaban J connectivity index is 1.34. The molecule has 0 atom stereocenters. The Kier molecular flexibility index (Phi) is 4.84. The lowest BCUT2D eigenvalue weighted by atomic mass is 10.1. The van der Waals surface area contributed by atoms with Crippen LogP contribution in [-0.2, 0) is 6.54 Å². The van der Waals surface area contributed by atoms with Gasteiger partial charge in [-0.15, -0.1) is 0 Å². The summed E-state index contributed by atoms with van der Waals surface area (Å²) < 4.78 is 2.00. The van der Waals surface area contributed by atoms with Gasteiger partial charge in [-0.3, -0.25) is 9.69 Å². The molecule has 0 bridgehead atoms. The number of aromatic nitrogens is 3. The third kappa shape index (κ3) is 3.98. The van der Waals surface area contributed by atoms with Crippen LogP contribution in [0, 0.1) is 0 Å². The highest BCUT2D eigenvalue weighted by atomic mass is 16.1. The van der Waals surface area contributed by atoms with E-state index in [2.05, 4.69) is 44.0 Å². The van der Waals surface area contributed by atoms with Gasteiger partial charge in [-0.1, -0.05) is 18.2 Å². The normalized spacial score (nSPS) is 15.0. The molecule has 1 amide bonds. The molecule has 0 unspecified atom stereocenters. The van der Waals surface area contributed by atoms with Crippen LogP contribution in [0.15, 0.2) is 61.2 Å². The molecular formula is C20H22N6O. The number of amides is 1. The molecule has 1 aromatic carbocycles. The third-order valence-corrected chi connectivity index (χ3v) is 4.83. The summed E-state index contributed by atoms with van der Waals surface area (Å²) >= 11 is 0. The molecule has 1 saturated heterocycles. The van der Waals surface area contributed by atoms with Crippen LogP contribution in [0.2, 0.25) is 0 Å². The number of imidazole rings is 1. The van der Waals surface area contributed by atoms with E-state index in [-0.39, 0.29) is 0 Å². The van der Waals surface area contributed by atoms with Crippen LogP contribution in [0.1, 0.15) is 16.1 Å². The van der Waals surface area contributed by atoms with Crippen molar-refractivity contribution in [3.8, 4) is 5.69 Å². The second-order valence-electron chi connectivity index (χ2n) is 6.64. The van der Waals surface area contributed by atoms with Gasteiger partial charge in [-0.05, 0) is 29.8 Å². The Morgan fingerprint density at radius 1 is 1.04 bits per heavy atom.